The molecule has 0 bridgehead atoms. The van der Waals surface area contributed by atoms with Crippen LogP contribution in [0.3, 0.4) is 0 Å². The molecule has 0 aliphatic heterocycles. The summed E-state index contributed by atoms with van der Waals surface area (Å²) in [5.41, 5.74) is 3.99. The van der Waals surface area contributed by atoms with Gasteiger partial charge >= 0.3 is 0 Å². The molecular formula is C20H22N2O2. The number of nitrogens with zero attached hydrogens (tertiary/aromatic N) is 1. The highest BCUT2D eigenvalue weighted by Crippen LogP contribution is 2.33. The Bertz CT molecular complexity index is 779. The van der Waals surface area contributed by atoms with Crippen LogP contribution < -0.4 is 5.32 Å². The summed E-state index contributed by atoms with van der Waals surface area (Å²) < 4.78 is 0. The molecule has 1 N–H and O–H groups in total. The predicted octanol–water partition coefficient (Wildman–Crippen LogP) is 3.32. The quantitative estimate of drug-likeness (QED) is 0.830. The maximum Gasteiger partial charge on any atom is 0.269 e. The minimum absolute atomic E-state index is 0.107. The molecule has 1 aliphatic rings. The van der Waals surface area contributed by atoms with Crippen LogP contribution in [0.5, 0.6) is 0 Å². The SMILES string of the molecule is CNC(=O)c1cc(C(=O)CC2CC2)cc(Cc2ccccc2C)n1. The van der Waals surface area contributed by atoms with Gasteiger partial charge in [-0.1, -0.05) is 24.3 Å². The zero-order chi connectivity index (χ0) is 17.1. The number of rotatable bonds is 6. The van der Waals surface area contributed by atoms with E-state index in [1.165, 1.54) is 5.56 Å². The number of ketones is 1. The third-order valence-corrected chi connectivity index (χ3v) is 4.46. The van der Waals surface area contributed by atoms with E-state index in [0.29, 0.717) is 30.0 Å². The Balaban J connectivity index is 1.93. The normalized spacial score (nSPS) is 13.6. The summed E-state index contributed by atoms with van der Waals surface area (Å²) in [5.74, 6) is 0.368. The van der Waals surface area contributed by atoms with Crippen molar-refractivity contribution in [2.75, 3.05) is 7.05 Å². The van der Waals surface area contributed by atoms with E-state index in [0.717, 1.165) is 24.1 Å². The Morgan fingerprint density at radius 2 is 1.96 bits per heavy atom. The zero-order valence-corrected chi connectivity index (χ0v) is 14.1. The minimum Gasteiger partial charge on any atom is -0.354 e. The van der Waals surface area contributed by atoms with E-state index >= 15 is 0 Å². The number of carbonyl (C=O) groups is 2. The second-order valence-corrected chi connectivity index (χ2v) is 6.49. The molecule has 0 spiro atoms. The summed E-state index contributed by atoms with van der Waals surface area (Å²) in [7, 11) is 1.57. The molecule has 1 aromatic heterocycles. The Kier molecular flexibility index (Phi) is 4.74. The molecular weight excluding hydrogens is 300 g/mol. The second kappa shape index (κ2) is 6.95. The van der Waals surface area contributed by atoms with Gasteiger partial charge in [0.25, 0.3) is 5.91 Å². The van der Waals surface area contributed by atoms with Gasteiger partial charge in [-0.2, -0.15) is 0 Å². The molecule has 1 saturated carbocycles. The van der Waals surface area contributed by atoms with E-state index in [1.807, 2.05) is 18.2 Å². The van der Waals surface area contributed by atoms with Crippen molar-refractivity contribution in [2.24, 2.45) is 5.92 Å². The predicted molar refractivity (Wildman–Crippen MR) is 93.3 cm³/mol. The first kappa shape index (κ1) is 16.4. The number of carbonyl (C=O) groups excluding carboxylic acids is 2. The van der Waals surface area contributed by atoms with Crippen molar-refractivity contribution in [3.05, 3.63) is 64.5 Å². The van der Waals surface area contributed by atoms with Gasteiger partial charge in [-0.25, -0.2) is 4.98 Å². The first-order chi connectivity index (χ1) is 11.6. The molecule has 0 unspecified atom stereocenters. The lowest BCUT2D eigenvalue weighted by Gasteiger charge is -2.09. The summed E-state index contributed by atoms with van der Waals surface area (Å²) >= 11 is 0. The number of amides is 1. The molecule has 0 saturated heterocycles. The van der Waals surface area contributed by atoms with E-state index in [1.54, 1.807) is 13.1 Å². The average molecular weight is 322 g/mol. The minimum atomic E-state index is -0.262. The summed E-state index contributed by atoms with van der Waals surface area (Å²) in [4.78, 5) is 28.9. The molecule has 0 radical (unpaired) electrons. The van der Waals surface area contributed by atoms with Crippen LogP contribution in [-0.4, -0.2) is 23.7 Å². The van der Waals surface area contributed by atoms with Crippen molar-refractivity contribution in [1.82, 2.24) is 10.3 Å². The lowest BCUT2D eigenvalue weighted by atomic mass is 10.00. The van der Waals surface area contributed by atoms with Crippen LogP contribution in [0.1, 0.15) is 56.9 Å². The summed E-state index contributed by atoms with van der Waals surface area (Å²) in [5, 5.41) is 2.59. The fourth-order valence-electron chi connectivity index (χ4n) is 2.79. The Morgan fingerprint density at radius 3 is 2.62 bits per heavy atom. The fraction of sp³-hybridized carbons (Fsp3) is 0.350. The third kappa shape index (κ3) is 3.88. The molecule has 1 aliphatic carbocycles. The molecule has 1 aromatic carbocycles. The number of pyridine rings is 1. The van der Waals surface area contributed by atoms with Crippen molar-refractivity contribution in [3.63, 3.8) is 0 Å². The highest BCUT2D eigenvalue weighted by Gasteiger charge is 2.25. The van der Waals surface area contributed by atoms with Gasteiger partial charge in [0.1, 0.15) is 5.69 Å². The monoisotopic (exact) mass is 322 g/mol. The maximum absolute atomic E-state index is 12.5. The number of benzene rings is 1. The summed E-state index contributed by atoms with van der Waals surface area (Å²) in [6, 6.07) is 11.5. The molecule has 124 valence electrons. The summed E-state index contributed by atoms with van der Waals surface area (Å²) in [6.45, 7) is 2.05. The van der Waals surface area contributed by atoms with Gasteiger partial charge in [0, 0.05) is 31.1 Å². The molecule has 1 heterocycles. The van der Waals surface area contributed by atoms with Gasteiger partial charge in [-0.15, -0.1) is 0 Å². The van der Waals surface area contributed by atoms with Crippen LogP contribution in [-0.2, 0) is 6.42 Å². The van der Waals surface area contributed by atoms with Crippen molar-refractivity contribution in [2.45, 2.75) is 32.6 Å². The third-order valence-electron chi connectivity index (χ3n) is 4.46. The molecule has 24 heavy (non-hydrogen) atoms. The fourth-order valence-corrected chi connectivity index (χ4v) is 2.79. The standard InChI is InChI=1S/C20H22N2O2/c1-13-5-3-4-6-15(13)10-17-11-16(19(23)9-14-7-8-14)12-18(22-17)20(24)21-2/h3-6,11-12,14H,7-10H2,1-2H3,(H,21,24). The lowest BCUT2D eigenvalue weighted by Crippen LogP contribution is -2.20. The van der Waals surface area contributed by atoms with E-state index in [4.69, 9.17) is 0 Å². The van der Waals surface area contributed by atoms with Crippen LogP contribution in [0.25, 0.3) is 0 Å². The largest absolute Gasteiger partial charge is 0.354 e. The smallest absolute Gasteiger partial charge is 0.269 e. The van der Waals surface area contributed by atoms with Crippen LogP contribution in [0.4, 0.5) is 0 Å². The Morgan fingerprint density at radius 1 is 1.21 bits per heavy atom. The first-order valence-corrected chi connectivity index (χ1v) is 8.37. The number of hydrogen-bond acceptors (Lipinski definition) is 3. The van der Waals surface area contributed by atoms with Crippen molar-refractivity contribution < 1.29 is 9.59 Å². The van der Waals surface area contributed by atoms with Gasteiger partial charge in [0.05, 0.1) is 0 Å². The number of aromatic nitrogens is 1. The van der Waals surface area contributed by atoms with Crippen LogP contribution in [0.2, 0.25) is 0 Å². The molecule has 1 amide bonds. The Hall–Kier alpha value is -2.49. The average Bonchev–Trinajstić information content (AvgIpc) is 3.40. The van der Waals surface area contributed by atoms with E-state index in [-0.39, 0.29) is 11.7 Å². The maximum atomic E-state index is 12.5. The molecule has 3 rings (SSSR count). The zero-order valence-electron chi connectivity index (χ0n) is 14.1. The second-order valence-electron chi connectivity index (χ2n) is 6.49. The van der Waals surface area contributed by atoms with Crippen molar-refractivity contribution >= 4 is 11.7 Å². The van der Waals surface area contributed by atoms with Gasteiger partial charge in [-0.3, -0.25) is 9.59 Å². The van der Waals surface area contributed by atoms with E-state index in [2.05, 4.69) is 29.4 Å². The Labute approximate surface area is 142 Å². The van der Waals surface area contributed by atoms with Gasteiger partial charge in [0.15, 0.2) is 5.78 Å². The molecule has 0 atom stereocenters. The van der Waals surface area contributed by atoms with Crippen LogP contribution in [0.15, 0.2) is 36.4 Å². The molecule has 1 fully saturated rings. The van der Waals surface area contributed by atoms with E-state index < -0.39 is 0 Å². The highest BCUT2D eigenvalue weighted by atomic mass is 16.1. The number of aryl methyl sites for hydroxylation is 1. The molecule has 4 nitrogen and oxygen atoms in total. The van der Waals surface area contributed by atoms with Crippen molar-refractivity contribution in [1.29, 1.82) is 0 Å². The highest BCUT2D eigenvalue weighted by molar-refractivity contribution is 5.99. The molecule has 4 heteroatoms. The first-order valence-electron chi connectivity index (χ1n) is 8.37. The van der Waals surface area contributed by atoms with Crippen molar-refractivity contribution in [3.8, 4) is 0 Å². The van der Waals surface area contributed by atoms with Crippen LogP contribution >= 0.6 is 0 Å². The topological polar surface area (TPSA) is 59.1 Å². The van der Waals surface area contributed by atoms with Gasteiger partial charge < -0.3 is 5.32 Å². The molecule has 2 aromatic rings. The number of Topliss-reactive ketones (excluding diaryl/α,β-unsaturated/α-hetero) is 1. The van der Waals surface area contributed by atoms with Crippen LogP contribution in [0, 0.1) is 12.8 Å². The van der Waals surface area contributed by atoms with Gasteiger partial charge in [-0.05, 0) is 48.9 Å². The number of hydrogen-bond donors (Lipinski definition) is 1. The lowest BCUT2D eigenvalue weighted by molar-refractivity contribution is 0.0958. The summed E-state index contributed by atoms with van der Waals surface area (Å²) in [6.07, 6.45) is 3.45. The van der Waals surface area contributed by atoms with E-state index in [9.17, 15) is 9.59 Å². The number of nitrogens with one attached hydrogen (secondary N) is 1. The van der Waals surface area contributed by atoms with Gasteiger partial charge in [0.2, 0.25) is 0 Å².